The molecule has 0 unspecified atom stereocenters. The van der Waals surface area contributed by atoms with E-state index in [1.807, 2.05) is 24.4 Å². The van der Waals surface area contributed by atoms with E-state index in [2.05, 4.69) is 33.5 Å². The minimum absolute atomic E-state index is 0.151. The van der Waals surface area contributed by atoms with Crippen LogP contribution in [-0.4, -0.2) is 34.2 Å². The van der Waals surface area contributed by atoms with Crippen molar-refractivity contribution in [1.29, 1.82) is 0 Å². The van der Waals surface area contributed by atoms with Crippen LogP contribution >= 0.6 is 0 Å². The molecule has 132 valence electrons. The molecule has 0 radical (unpaired) electrons. The number of phenolic OH excluding ortho intramolecular Hbond substituents is 1. The van der Waals surface area contributed by atoms with Crippen LogP contribution in [0.25, 0.3) is 33.8 Å². The zero-order chi connectivity index (χ0) is 18.5. The van der Waals surface area contributed by atoms with Crippen molar-refractivity contribution >= 4 is 16.7 Å². The molecule has 1 N–H and O–H groups in total. The van der Waals surface area contributed by atoms with Crippen molar-refractivity contribution in [2.75, 3.05) is 0 Å². The number of fused-ring (bicyclic) bond motifs is 3. The van der Waals surface area contributed by atoms with Crippen LogP contribution in [0.15, 0.2) is 55.1 Å². The fraction of sp³-hybridized carbons (Fsp3) is 0.100. The van der Waals surface area contributed by atoms with Gasteiger partial charge in [-0.25, -0.2) is 14.5 Å². The molecule has 1 aromatic carbocycles. The van der Waals surface area contributed by atoms with Crippen molar-refractivity contribution in [3.05, 3.63) is 66.4 Å². The minimum Gasteiger partial charge on any atom is -0.507 e. The van der Waals surface area contributed by atoms with Crippen LogP contribution in [0.5, 0.6) is 5.75 Å². The Morgan fingerprint density at radius 1 is 1.00 bits per heavy atom. The Morgan fingerprint density at radius 3 is 2.63 bits per heavy atom. The zero-order valence-electron chi connectivity index (χ0n) is 14.8. The molecule has 0 spiro atoms. The fourth-order valence-corrected chi connectivity index (χ4v) is 3.44. The highest BCUT2D eigenvalue weighted by Gasteiger charge is 2.19. The van der Waals surface area contributed by atoms with Crippen molar-refractivity contribution in [3.8, 4) is 22.8 Å². The summed E-state index contributed by atoms with van der Waals surface area (Å²) in [6.45, 7) is 4.11. The number of benzene rings is 1. The number of aryl methyl sites for hydroxylation is 1. The number of nitrogens with zero attached hydrogens (tertiary/aromatic N) is 6. The maximum atomic E-state index is 10.1. The van der Waals surface area contributed by atoms with Crippen LogP contribution < -0.4 is 0 Å². The second kappa shape index (κ2) is 5.63. The number of phenols is 1. The second-order valence-corrected chi connectivity index (χ2v) is 6.42. The minimum atomic E-state index is 0.151. The number of pyridine rings is 1. The summed E-state index contributed by atoms with van der Waals surface area (Å²) in [4.78, 5) is 13.6. The SMILES string of the molecule is Cc1c(C)n(-c2cccnc2)c2ncn3nc(-c4ccccc4O)nc3c12. The topological polar surface area (TPSA) is 81.1 Å². The summed E-state index contributed by atoms with van der Waals surface area (Å²) in [6, 6.07) is 11.0. The summed E-state index contributed by atoms with van der Waals surface area (Å²) in [6.07, 6.45) is 5.22. The molecule has 0 amide bonds. The van der Waals surface area contributed by atoms with Crippen LogP contribution in [0.4, 0.5) is 0 Å². The van der Waals surface area contributed by atoms with E-state index in [1.54, 1.807) is 35.2 Å². The van der Waals surface area contributed by atoms with Crippen LogP contribution in [0, 0.1) is 13.8 Å². The van der Waals surface area contributed by atoms with Gasteiger partial charge in [-0.2, -0.15) is 0 Å². The summed E-state index contributed by atoms with van der Waals surface area (Å²) < 4.78 is 3.73. The number of aromatic hydroxyl groups is 1. The van der Waals surface area contributed by atoms with E-state index in [1.165, 1.54) is 0 Å². The smallest absolute Gasteiger partial charge is 0.185 e. The third-order valence-electron chi connectivity index (χ3n) is 4.88. The van der Waals surface area contributed by atoms with Gasteiger partial charge in [-0.3, -0.25) is 9.55 Å². The van der Waals surface area contributed by atoms with E-state index in [4.69, 9.17) is 4.98 Å². The standard InChI is InChI=1S/C20H16N6O/c1-12-13(2)26(14-6-5-9-21-10-14)19-17(12)20-23-18(24-25(20)11-22-19)15-7-3-4-8-16(15)27/h3-11,27H,1-2H3. The summed E-state index contributed by atoms with van der Waals surface area (Å²) >= 11 is 0. The van der Waals surface area contributed by atoms with Gasteiger partial charge >= 0.3 is 0 Å². The summed E-state index contributed by atoms with van der Waals surface area (Å²) in [5, 5.41) is 15.6. The number of para-hydroxylation sites is 1. The highest BCUT2D eigenvalue weighted by Crippen LogP contribution is 2.31. The van der Waals surface area contributed by atoms with Crippen LogP contribution in [0.3, 0.4) is 0 Å². The molecule has 5 rings (SSSR count). The molecule has 0 saturated carbocycles. The molecule has 0 aliphatic carbocycles. The van der Waals surface area contributed by atoms with Gasteiger partial charge in [-0.1, -0.05) is 12.1 Å². The fourth-order valence-electron chi connectivity index (χ4n) is 3.44. The first-order chi connectivity index (χ1) is 13.1. The Balaban J connectivity index is 1.83. The van der Waals surface area contributed by atoms with Gasteiger partial charge in [-0.05, 0) is 43.7 Å². The van der Waals surface area contributed by atoms with Gasteiger partial charge in [0.1, 0.15) is 12.1 Å². The van der Waals surface area contributed by atoms with E-state index in [-0.39, 0.29) is 5.75 Å². The first-order valence-corrected chi connectivity index (χ1v) is 8.57. The molecule has 5 aromatic rings. The second-order valence-electron chi connectivity index (χ2n) is 6.42. The molecule has 27 heavy (non-hydrogen) atoms. The Bertz CT molecular complexity index is 1300. The Hall–Kier alpha value is -3.74. The Labute approximate surface area is 154 Å². The zero-order valence-corrected chi connectivity index (χ0v) is 14.8. The molecular formula is C20H16N6O. The molecule has 0 aliphatic rings. The third kappa shape index (κ3) is 2.21. The van der Waals surface area contributed by atoms with Gasteiger partial charge in [0.15, 0.2) is 17.1 Å². The lowest BCUT2D eigenvalue weighted by Crippen LogP contribution is -1.99. The van der Waals surface area contributed by atoms with E-state index in [0.717, 1.165) is 28.0 Å². The molecule has 0 saturated heterocycles. The molecule has 7 heteroatoms. The van der Waals surface area contributed by atoms with Gasteiger partial charge < -0.3 is 5.11 Å². The largest absolute Gasteiger partial charge is 0.507 e. The van der Waals surface area contributed by atoms with Gasteiger partial charge in [0.2, 0.25) is 0 Å². The first kappa shape index (κ1) is 15.5. The van der Waals surface area contributed by atoms with E-state index in [9.17, 15) is 5.11 Å². The molecular weight excluding hydrogens is 340 g/mol. The summed E-state index contributed by atoms with van der Waals surface area (Å²) in [7, 11) is 0. The van der Waals surface area contributed by atoms with Crippen LogP contribution in [-0.2, 0) is 0 Å². The molecule has 0 aliphatic heterocycles. The molecule has 0 fully saturated rings. The number of hydrogen-bond acceptors (Lipinski definition) is 5. The predicted octanol–water partition coefficient (Wildman–Crippen LogP) is 3.45. The Kier molecular flexibility index (Phi) is 3.24. The van der Waals surface area contributed by atoms with E-state index < -0.39 is 0 Å². The monoisotopic (exact) mass is 356 g/mol. The molecule has 0 bridgehead atoms. The van der Waals surface area contributed by atoms with Gasteiger partial charge in [-0.15, -0.1) is 5.10 Å². The maximum Gasteiger partial charge on any atom is 0.185 e. The molecule has 4 heterocycles. The first-order valence-electron chi connectivity index (χ1n) is 8.57. The third-order valence-corrected chi connectivity index (χ3v) is 4.88. The number of hydrogen-bond donors (Lipinski definition) is 1. The molecule has 0 atom stereocenters. The Morgan fingerprint density at radius 2 is 1.85 bits per heavy atom. The van der Waals surface area contributed by atoms with E-state index in [0.29, 0.717) is 17.0 Å². The van der Waals surface area contributed by atoms with Crippen molar-refractivity contribution < 1.29 is 5.11 Å². The number of aromatic nitrogens is 6. The van der Waals surface area contributed by atoms with Crippen LogP contribution in [0.1, 0.15) is 11.3 Å². The van der Waals surface area contributed by atoms with Crippen molar-refractivity contribution in [1.82, 2.24) is 29.1 Å². The average Bonchev–Trinajstić information content (AvgIpc) is 3.22. The molecule has 7 nitrogen and oxygen atoms in total. The van der Waals surface area contributed by atoms with Crippen molar-refractivity contribution in [3.63, 3.8) is 0 Å². The van der Waals surface area contributed by atoms with Gasteiger partial charge in [0.05, 0.1) is 22.8 Å². The highest BCUT2D eigenvalue weighted by atomic mass is 16.3. The average molecular weight is 356 g/mol. The van der Waals surface area contributed by atoms with Crippen molar-refractivity contribution in [2.24, 2.45) is 0 Å². The van der Waals surface area contributed by atoms with Gasteiger partial charge in [0.25, 0.3) is 0 Å². The number of rotatable bonds is 2. The summed E-state index contributed by atoms with van der Waals surface area (Å²) in [5.41, 5.74) is 5.22. The lowest BCUT2D eigenvalue weighted by atomic mass is 10.2. The summed E-state index contributed by atoms with van der Waals surface area (Å²) in [5.74, 6) is 0.618. The highest BCUT2D eigenvalue weighted by molar-refractivity contribution is 5.95. The molecule has 4 aromatic heterocycles. The van der Waals surface area contributed by atoms with Crippen LogP contribution in [0.2, 0.25) is 0 Å². The predicted molar refractivity (Wildman–Crippen MR) is 102 cm³/mol. The van der Waals surface area contributed by atoms with E-state index >= 15 is 0 Å². The lowest BCUT2D eigenvalue weighted by Gasteiger charge is -2.06. The maximum absolute atomic E-state index is 10.1. The lowest BCUT2D eigenvalue weighted by molar-refractivity contribution is 0.477. The van der Waals surface area contributed by atoms with Gasteiger partial charge in [0, 0.05) is 11.9 Å². The quantitative estimate of drug-likeness (QED) is 0.524. The van der Waals surface area contributed by atoms with Crippen molar-refractivity contribution in [2.45, 2.75) is 13.8 Å². The normalized spacial score (nSPS) is 11.5.